The maximum absolute atomic E-state index is 13.2. The molecule has 4 amide bonds. The number of carboxylic acid groups (broad SMARTS) is 1. The minimum absolute atomic E-state index is 0.0773. The third-order valence-corrected chi connectivity index (χ3v) is 5.86. The van der Waals surface area contributed by atoms with Crippen LogP contribution in [-0.4, -0.2) is 63.1 Å². The normalized spacial score (nSPS) is 24.3. The number of likely N-dealkylation sites (tertiary alicyclic amines) is 1. The number of benzene rings is 1. The molecule has 3 heterocycles. The first-order chi connectivity index (χ1) is 13.9. The molecule has 3 aliphatic heterocycles. The van der Waals surface area contributed by atoms with Crippen LogP contribution in [0.15, 0.2) is 18.2 Å². The molecule has 2 fully saturated rings. The summed E-state index contributed by atoms with van der Waals surface area (Å²) in [5, 5.41) is 11.7. The summed E-state index contributed by atoms with van der Waals surface area (Å²) in [4.78, 5) is 64.0. The van der Waals surface area contributed by atoms with E-state index in [-0.39, 0.29) is 31.2 Å². The molecule has 0 aliphatic carbocycles. The molecule has 4 rings (SSSR count). The van der Waals surface area contributed by atoms with E-state index in [2.05, 4.69) is 5.32 Å². The van der Waals surface area contributed by atoms with Gasteiger partial charge in [0.05, 0.1) is 0 Å². The van der Waals surface area contributed by atoms with Gasteiger partial charge in [0, 0.05) is 30.6 Å². The highest BCUT2D eigenvalue weighted by molar-refractivity contribution is 6.08. The number of fused-ring (bicyclic) bond motifs is 1. The standard InChI is InChI=1S/C20H21N3O6/c24-16-8-7-14(17(25)21-16)23-10-13-11(4-3-5-12(13)19(23)27)18(26)22-9-2-1-6-15(22)20(28)29/h3-5,14-15H,1-2,6-10H2,(H,28,29)(H,21,24,25)/t14?,15-/m1/s1. The first-order valence-electron chi connectivity index (χ1n) is 9.69. The second-order valence-electron chi connectivity index (χ2n) is 7.58. The van der Waals surface area contributed by atoms with E-state index in [0.29, 0.717) is 29.7 Å². The molecule has 0 radical (unpaired) electrons. The molecule has 1 unspecified atom stereocenters. The van der Waals surface area contributed by atoms with E-state index in [0.717, 1.165) is 12.8 Å². The van der Waals surface area contributed by atoms with Crippen LogP contribution in [0.25, 0.3) is 0 Å². The molecule has 9 heteroatoms. The molecule has 0 spiro atoms. The summed E-state index contributed by atoms with van der Waals surface area (Å²) >= 11 is 0. The van der Waals surface area contributed by atoms with Crippen molar-refractivity contribution in [2.45, 2.75) is 50.7 Å². The first kappa shape index (κ1) is 19.1. The molecule has 2 N–H and O–H groups in total. The van der Waals surface area contributed by atoms with Crippen LogP contribution in [-0.2, 0) is 20.9 Å². The van der Waals surface area contributed by atoms with Crippen molar-refractivity contribution >= 4 is 29.6 Å². The van der Waals surface area contributed by atoms with Crippen LogP contribution in [0.4, 0.5) is 0 Å². The maximum atomic E-state index is 13.2. The lowest BCUT2D eigenvalue weighted by atomic mass is 9.98. The fraction of sp³-hybridized carbons (Fsp3) is 0.450. The predicted octanol–water partition coefficient (Wildman–Crippen LogP) is 0.527. The van der Waals surface area contributed by atoms with Crippen LogP contribution in [0.3, 0.4) is 0 Å². The maximum Gasteiger partial charge on any atom is 0.326 e. The van der Waals surface area contributed by atoms with Gasteiger partial charge in [-0.2, -0.15) is 0 Å². The molecule has 1 aromatic carbocycles. The van der Waals surface area contributed by atoms with Crippen LogP contribution < -0.4 is 5.32 Å². The zero-order valence-corrected chi connectivity index (χ0v) is 15.7. The predicted molar refractivity (Wildman–Crippen MR) is 98.8 cm³/mol. The van der Waals surface area contributed by atoms with Gasteiger partial charge in [0.25, 0.3) is 11.8 Å². The average Bonchev–Trinajstić information content (AvgIpc) is 3.04. The number of hydrogen-bond donors (Lipinski definition) is 2. The number of amides is 4. The second kappa shape index (κ2) is 7.31. The molecule has 0 bridgehead atoms. The van der Waals surface area contributed by atoms with Gasteiger partial charge in [-0.15, -0.1) is 0 Å². The molecule has 3 aliphatic rings. The van der Waals surface area contributed by atoms with Crippen molar-refractivity contribution in [1.82, 2.24) is 15.1 Å². The number of piperidine rings is 2. The average molecular weight is 399 g/mol. The molecule has 9 nitrogen and oxygen atoms in total. The van der Waals surface area contributed by atoms with Crippen LogP contribution in [0.2, 0.25) is 0 Å². The number of carbonyl (C=O) groups excluding carboxylic acids is 4. The SMILES string of the molecule is O=C1CCC(N2Cc3c(cccc3C(=O)N3CCCC[C@@H]3C(=O)O)C2=O)C(=O)N1. The zero-order valence-electron chi connectivity index (χ0n) is 15.7. The second-order valence-corrected chi connectivity index (χ2v) is 7.58. The van der Waals surface area contributed by atoms with Crippen molar-refractivity contribution in [3.63, 3.8) is 0 Å². The number of imide groups is 1. The van der Waals surface area contributed by atoms with E-state index in [1.807, 2.05) is 0 Å². The van der Waals surface area contributed by atoms with Crippen LogP contribution >= 0.6 is 0 Å². The molecule has 2 atom stereocenters. The first-order valence-corrected chi connectivity index (χ1v) is 9.69. The Kier molecular flexibility index (Phi) is 4.81. The summed E-state index contributed by atoms with van der Waals surface area (Å²) in [6.07, 6.45) is 2.26. The van der Waals surface area contributed by atoms with Gasteiger partial charge >= 0.3 is 5.97 Å². The number of nitrogens with one attached hydrogen (secondary N) is 1. The van der Waals surface area contributed by atoms with Gasteiger partial charge in [-0.05, 0) is 43.4 Å². The Bertz CT molecular complexity index is 927. The summed E-state index contributed by atoms with van der Waals surface area (Å²) < 4.78 is 0. The van der Waals surface area contributed by atoms with E-state index in [1.165, 1.54) is 9.80 Å². The third kappa shape index (κ3) is 3.26. The Labute approximate surface area is 166 Å². The lowest BCUT2D eigenvalue weighted by Gasteiger charge is -2.33. The zero-order chi connectivity index (χ0) is 20.7. The Morgan fingerprint density at radius 1 is 1.10 bits per heavy atom. The topological polar surface area (TPSA) is 124 Å². The van der Waals surface area contributed by atoms with Gasteiger partial charge in [-0.3, -0.25) is 24.5 Å². The van der Waals surface area contributed by atoms with Crippen LogP contribution in [0.1, 0.15) is 58.4 Å². The quantitative estimate of drug-likeness (QED) is 0.715. The monoisotopic (exact) mass is 399 g/mol. The van der Waals surface area contributed by atoms with Crippen LogP contribution in [0, 0.1) is 0 Å². The molecule has 152 valence electrons. The molecular formula is C20H21N3O6. The highest BCUT2D eigenvalue weighted by Crippen LogP contribution is 2.31. The number of hydrogen-bond acceptors (Lipinski definition) is 5. The Hall–Kier alpha value is -3.23. The number of aliphatic carboxylic acids is 1. The minimum atomic E-state index is -1.04. The highest BCUT2D eigenvalue weighted by atomic mass is 16.4. The lowest BCUT2D eigenvalue weighted by Crippen LogP contribution is -2.52. The van der Waals surface area contributed by atoms with E-state index < -0.39 is 29.9 Å². The molecule has 0 saturated carbocycles. The highest BCUT2D eigenvalue weighted by Gasteiger charge is 2.41. The number of carboxylic acids is 1. The summed E-state index contributed by atoms with van der Waals surface area (Å²) in [5.74, 6) is -2.69. The van der Waals surface area contributed by atoms with Crippen molar-refractivity contribution in [2.24, 2.45) is 0 Å². The van der Waals surface area contributed by atoms with E-state index in [9.17, 15) is 29.1 Å². The summed E-state index contributed by atoms with van der Waals surface area (Å²) in [6, 6.07) is 3.14. The van der Waals surface area contributed by atoms with Crippen molar-refractivity contribution in [2.75, 3.05) is 6.54 Å². The van der Waals surface area contributed by atoms with Crippen molar-refractivity contribution in [1.29, 1.82) is 0 Å². The Morgan fingerprint density at radius 3 is 2.62 bits per heavy atom. The number of nitrogens with zero attached hydrogens (tertiary/aromatic N) is 2. The van der Waals surface area contributed by atoms with Gasteiger partial charge in [-0.25, -0.2) is 4.79 Å². The molecule has 29 heavy (non-hydrogen) atoms. The van der Waals surface area contributed by atoms with Gasteiger partial charge in [0.2, 0.25) is 11.8 Å². The van der Waals surface area contributed by atoms with E-state index in [1.54, 1.807) is 18.2 Å². The van der Waals surface area contributed by atoms with Gasteiger partial charge in [0.1, 0.15) is 12.1 Å². The molecule has 2 saturated heterocycles. The summed E-state index contributed by atoms with van der Waals surface area (Å²) in [6.45, 7) is 0.429. The fourth-order valence-corrected chi connectivity index (χ4v) is 4.37. The minimum Gasteiger partial charge on any atom is -0.480 e. The molecule has 0 aromatic heterocycles. The summed E-state index contributed by atoms with van der Waals surface area (Å²) in [7, 11) is 0. The summed E-state index contributed by atoms with van der Waals surface area (Å²) in [5.41, 5.74) is 1.13. The van der Waals surface area contributed by atoms with E-state index in [4.69, 9.17) is 0 Å². The van der Waals surface area contributed by atoms with Crippen molar-refractivity contribution in [3.05, 3.63) is 34.9 Å². The molecule has 1 aromatic rings. The number of carbonyl (C=O) groups is 5. The third-order valence-electron chi connectivity index (χ3n) is 5.86. The van der Waals surface area contributed by atoms with Gasteiger partial charge < -0.3 is 14.9 Å². The van der Waals surface area contributed by atoms with E-state index >= 15 is 0 Å². The largest absolute Gasteiger partial charge is 0.480 e. The van der Waals surface area contributed by atoms with Gasteiger partial charge in [-0.1, -0.05) is 6.07 Å². The van der Waals surface area contributed by atoms with Gasteiger partial charge in [0.15, 0.2) is 0 Å². The van der Waals surface area contributed by atoms with Crippen molar-refractivity contribution in [3.8, 4) is 0 Å². The van der Waals surface area contributed by atoms with Crippen LogP contribution in [0.5, 0.6) is 0 Å². The molecular weight excluding hydrogens is 378 g/mol. The number of rotatable bonds is 3. The Morgan fingerprint density at radius 2 is 1.90 bits per heavy atom. The smallest absolute Gasteiger partial charge is 0.326 e. The Balaban J connectivity index is 1.63. The lowest BCUT2D eigenvalue weighted by molar-refractivity contribution is -0.143. The fourth-order valence-electron chi connectivity index (χ4n) is 4.37. The van der Waals surface area contributed by atoms with Crippen molar-refractivity contribution < 1.29 is 29.1 Å².